The Hall–Kier alpha value is -3.68. The lowest BCUT2D eigenvalue weighted by atomic mass is 10.1. The van der Waals surface area contributed by atoms with Gasteiger partial charge in [-0.25, -0.2) is 9.59 Å². The fourth-order valence-electron chi connectivity index (χ4n) is 3.03. The number of ether oxygens (including phenoxy) is 1. The monoisotopic (exact) mass is 396 g/mol. The molecule has 0 aliphatic heterocycles. The first-order valence-electron chi connectivity index (χ1n) is 8.98. The SMILES string of the molecule is CCc1ccc2c(COC(=O)c3cc([N+](=O)[O-])ccc3N(C)C)cc(=O)oc2c1. The fourth-order valence-corrected chi connectivity index (χ4v) is 3.03. The molecule has 0 amide bonds. The van der Waals surface area contributed by atoms with Crippen LogP contribution in [0.3, 0.4) is 0 Å². The number of rotatable bonds is 6. The summed E-state index contributed by atoms with van der Waals surface area (Å²) < 4.78 is 10.6. The zero-order valence-electron chi connectivity index (χ0n) is 16.3. The van der Waals surface area contributed by atoms with E-state index in [9.17, 15) is 19.7 Å². The third-order valence-electron chi connectivity index (χ3n) is 4.55. The summed E-state index contributed by atoms with van der Waals surface area (Å²) in [7, 11) is 3.44. The molecule has 150 valence electrons. The third-order valence-corrected chi connectivity index (χ3v) is 4.55. The van der Waals surface area contributed by atoms with Gasteiger partial charge in [0.2, 0.25) is 0 Å². The summed E-state index contributed by atoms with van der Waals surface area (Å²) in [5.74, 6) is -0.719. The summed E-state index contributed by atoms with van der Waals surface area (Å²) in [6, 6.07) is 10.8. The molecule has 0 aliphatic rings. The molecule has 0 spiro atoms. The number of esters is 1. The van der Waals surface area contributed by atoms with Crippen molar-refractivity contribution >= 4 is 28.3 Å². The molecule has 29 heavy (non-hydrogen) atoms. The predicted octanol–water partition coefficient (Wildman–Crippen LogP) is 3.69. The van der Waals surface area contributed by atoms with E-state index < -0.39 is 16.5 Å². The maximum Gasteiger partial charge on any atom is 0.340 e. The maximum atomic E-state index is 12.7. The second-order valence-electron chi connectivity index (χ2n) is 6.70. The molecule has 8 heteroatoms. The zero-order chi connectivity index (χ0) is 21.1. The van der Waals surface area contributed by atoms with Crippen LogP contribution in [0.15, 0.2) is 51.7 Å². The predicted molar refractivity (Wildman–Crippen MR) is 108 cm³/mol. The quantitative estimate of drug-likeness (QED) is 0.271. The lowest BCUT2D eigenvalue weighted by Gasteiger charge is -2.16. The number of nitro groups is 1. The molecule has 8 nitrogen and oxygen atoms in total. The minimum absolute atomic E-state index is 0.0738. The van der Waals surface area contributed by atoms with Crippen LogP contribution >= 0.6 is 0 Å². The van der Waals surface area contributed by atoms with Gasteiger partial charge in [0.25, 0.3) is 5.69 Å². The molecule has 2 aromatic carbocycles. The number of fused-ring (bicyclic) bond motifs is 1. The molecular weight excluding hydrogens is 376 g/mol. The van der Waals surface area contributed by atoms with Crippen molar-refractivity contribution < 1.29 is 18.9 Å². The summed E-state index contributed by atoms with van der Waals surface area (Å²) in [5.41, 5.74) is 1.76. The molecule has 1 aromatic heterocycles. The van der Waals surface area contributed by atoms with E-state index in [0.29, 0.717) is 22.2 Å². The first-order valence-corrected chi connectivity index (χ1v) is 8.98. The summed E-state index contributed by atoms with van der Waals surface area (Å²) in [6.07, 6.45) is 0.791. The molecule has 0 saturated heterocycles. The Morgan fingerprint density at radius 3 is 2.59 bits per heavy atom. The van der Waals surface area contributed by atoms with Gasteiger partial charge < -0.3 is 14.1 Å². The number of non-ortho nitro benzene ring substituents is 1. The molecule has 3 aromatic rings. The Morgan fingerprint density at radius 1 is 1.17 bits per heavy atom. The Morgan fingerprint density at radius 2 is 1.93 bits per heavy atom. The van der Waals surface area contributed by atoms with Crippen LogP contribution in [-0.2, 0) is 17.8 Å². The van der Waals surface area contributed by atoms with Crippen LogP contribution in [0.2, 0.25) is 0 Å². The number of hydrogen-bond donors (Lipinski definition) is 0. The van der Waals surface area contributed by atoms with Crippen LogP contribution in [0.1, 0.15) is 28.4 Å². The second-order valence-corrected chi connectivity index (χ2v) is 6.70. The van der Waals surface area contributed by atoms with Crippen LogP contribution < -0.4 is 10.5 Å². The van der Waals surface area contributed by atoms with Crippen molar-refractivity contribution in [1.82, 2.24) is 0 Å². The number of anilines is 1. The topological polar surface area (TPSA) is 103 Å². The molecule has 0 saturated carbocycles. The molecule has 0 unspecified atom stereocenters. The van der Waals surface area contributed by atoms with E-state index in [2.05, 4.69) is 0 Å². The number of nitrogens with zero attached hydrogens (tertiary/aromatic N) is 2. The van der Waals surface area contributed by atoms with Gasteiger partial charge in [0.1, 0.15) is 12.2 Å². The lowest BCUT2D eigenvalue weighted by molar-refractivity contribution is -0.384. The van der Waals surface area contributed by atoms with Crippen LogP contribution in [-0.4, -0.2) is 25.0 Å². The van der Waals surface area contributed by atoms with Crippen molar-refractivity contribution in [2.75, 3.05) is 19.0 Å². The summed E-state index contributed by atoms with van der Waals surface area (Å²) in [4.78, 5) is 36.7. The lowest BCUT2D eigenvalue weighted by Crippen LogP contribution is -2.16. The van der Waals surface area contributed by atoms with Gasteiger partial charge in [0.05, 0.1) is 16.2 Å². The maximum absolute atomic E-state index is 12.7. The molecule has 3 rings (SSSR count). The largest absolute Gasteiger partial charge is 0.457 e. The number of nitro benzene ring substituents is 1. The van der Waals surface area contributed by atoms with E-state index in [1.165, 1.54) is 24.3 Å². The van der Waals surface area contributed by atoms with Gasteiger partial charge in [-0.1, -0.05) is 19.1 Å². The third kappa shape index (κ3) is 4.26. The summed E-state index contributed by atoms with van der Waals surface area (Å²) >= 11 is 0. The highest BCUT2D eigenvalue weighted by molar-refractivity contribution is 5.96. The van der Waals surface area contributed by atoms with E-state index in [1.807, 2.05) is 19.1 Å². The van der Waals surface area contributed by atoms with E-state index in [1.54, 1.807) is 25.1 Å². The Bertz CT molecular complexity index is 1150. The molecular formula is C21H20N2O6. The van der Waals surface area contributed by atoms with Crippen molar-refractivity contribution in [2.24, 2.45) is 0 Å². The average Bonchev–Trinajstić information content (AvgIpc) is 2.70. The van der Waals surface area contributed by atoms with Gasteiger partial charge in [-0.15, -0.1) is 0 Å². The molecule has 0 bridgehead atoms. The first-order chi connectivity index (χ1) is 13.8. The van der Waals surface area contributed by atoms with Crippen LogP contribution in [0.25, 0.3) is 11.0 Å². The van der Waals surface area contributed by atoms with Gasteiger partial charge in [0, 0.05) is 43.2 Å². The van der Waals surface area contributed by atoms with Crippen molar-refractivity contribution in [3.05, 3.63) is 79.7 Å². The molecule has 0 fully saturated rings. The fraction of sp³-hybridized carbons (Fsp3) is 0.238. The zero-order valence-corrected chi connectivity index (χ0v) is 16.3. The molecule has 0 radical (unpaired) electrons. The van der Waals surface area contributed by atoms with E-state index in [4.69, 9.17) is 9.15 Å². The minimum atomic E-state index is -0.719. The second kappa shape index (κ2) is 8.14. The molecule has 0 aliphatic carbocycles. The van der Waals surface area contributed by atoms with Gasteiger partial charge in [-0.2, -0.15) is 0 Å². The number of aryl methyl sites for hydroxylation is 1. The normalized spacial score (nSPS) is 10.7. The van der Waals surface area contributed by atoms with Crippen LogP contribution in [0.4, 0.5) is 11.4 Å². The Labute approximate surface area is 166 Å². The number of benzene rings is 2. The van der Waals surface area contributed by atoms with Crippen molar-refractivity contribution in [3.63, 3.8) is 0 Å². The van der Waals surface area contributed by atoms with Crippen molar-refractivity contribution in [1.29, 1.82) is 0 Å². The smallest absolute Gasteiger partial charge is 0.340 e. The van der Waals surface area contributed by atoms with E-state index >= 15 is 0 Å². The van der Waals surface area contributed by atoms with E-state index in [-0.39, 0.29) is 17.9 Å². The first kappa shape index (κ1) is 20.1. The highest BCUT2D eigenvalue weighted by atomic mass is 16.6. The number of hydrogen-bond acceptors (Lipinski definition) is 7. The minimum Gasteiger partial charge on any atom is -0.457 e. The standard InChI is InChI=1S/C21H20N2O6/c1-4-13-5-7-16-14(10-20(24)29-19(16)9-13)12-28-21(25)17-11-15(23(26)27)6-8-18(17)22(2)3/h5-11H,4,12H2,1-3H3. The van der Waals surface area contributed by atoms with Gasteiger partial charge in [-0.3, -0.25) is 10.1 Å². The highest BCUT2D eigenvalue weighted by Crippen LogP contribution is 2.26. The Kier molecular flexibility index (Phi) is 5.63. The molecule has 0 N–H and O–H groups in total. The summed E-state index contributed by atoms with van der Waals surface area (Å²) in [5, 5.41) is 11.7. The van der Waals surface area contributed by atoms with E-state index in [0.717, 1.165) is 12.0 Å². The van der Waals surface area contributed by atoms with Gasteiger partial charge >= 0.3 is 11.6 Å². The molecule has 0 atom stereocenters. The van der Waals surface area contributed by atoms with Crippen molar-refractivity contribution in [2.45, 2.75) is 20.0 Å². The van der Waals surface area contributed by atoms with Gasteiger partial charge in [0.15, 0.2) is 0 Å². The number of carbonyl (C=O) groups is 1. The summed E-state index contributed by atoms with van der Waals surface area (Å²) in [6.45, 7) is 1.83. The Balaban J connectivity index is 1.92. The van der Waals surface area contributed by atoms with Crippen LogP contribution in [0, 0.1) is 10.1 Å². The number of carbonyl (C=O) groups excluding carboxylic acids is 1. The van der Waals surface area contributed by atoms with Crippen molar-refractivity contribution in [3.8, 4) is 0 Å². The highest BCUT2D eigenvalue weighted by Gasteiger charge is 2.20. The average molecular weight is 396 g/mol. The van der Waals surface area contributed by atoms with Gasteiger partial charge in [-0.05, 0) is 24.1 Å². The molecule has 1 heterocycles. The van der Waals surface area contributed by atoms with Crippen LogP contribution in [0.5, 0.6) is 0 Å².